The smallest absolute Gasteiger partial charge is 0.125 e. The van der Waals surface area contributed by atoms with Crippen molar-refractivity contribution in [3.8, 4) is 5.75 Å². The minimum absolute atomic E-state index is 0.0218. The minimum atomic E-state index is -0.0218. The molecule has 1 heterocycles. The fourth-order valence-electron chi connectivity index (χ4n) is 2.12. The van der Waals surface area contributed by atoms with Gasteiger partial charge in [-0.1, -0.05) is 22.0 Å². The van der Waals surface area contributed by atoms with E-state index in [0.717, 1.165) is 48.6 Å². The van der Waals surface area contributed by atoms with E-state index >= 15 is 0 Å². The Hall–Kier alpha value is -0.620. The molecule has 2 N–H and O–H groups in total. The second kappa shape index (κ2) is 7.24. The van der Waals surface area contributed by atoms with E-state index in [-0.39, 0.29) is 6.04 Å². The zero-order valence-electron chi connectivity index (χ0n) is 11.3. The van der Waals surface area contributed by atoms with Crippen LogP contribution in [-0.2, 0) is 4.74 Å². The van der Waals surface area contributed by atoms with E-state index in [1.165, 1.54) is 0 Å². The number of halogens is 1. The first-order chi connectivity index (χ1) is 9.16. The maximum Gasteiger partial charge on any atom is 0.125 e. The lowest BCUT2D eigenvalue weighted by molar-refractivity contribution is 0.0322. The quantitative estimate of drug-likeness (QED) is 0.900. The van der Waals surface area contributed by atoms with Gasteiger partial charge in [0.2, 0.25) is 0 Å². The molecule has 1 aromatic rings. The lowest BCUT2D eigenvalue weighted by Gasteiger charge is -2.26. The number of ether oxygens (including phenoxy) is 2. The first kappa shape index (κ1) is 14.8. The monoisotopic (exact) mass is 328 g/mol. The molecule has 4 nitrogen and oxygen atoms in total. The van der Waals surface area contributed by atoms with Crippen molar-refractivity contribution < 1.29 is 9.47 Å². The lowest BCUT2D eigenvalue weighted by atomic mass is 10.1. The van der Waals surface area contributed by atoms with Gasteiger partial charge in [0.05, 0.1) is 13.2 Å². The number of nitrogens with zero attached hydrogens (tertiary/aromatic N) is 1. The van der Waals surface area contributed by atoms with Crippen molar-refractivity contribution in [2.24, 2.45) is 5.73 Å². The van der Waals surface area contributed by atoms with E-state index in [2.05, 4.69) is 20.8 Å². The summed E-state index contributed by atoms with van der Waals surface area (Å²) in [5.74, 6) is 0.873. The normalized spacial score (nSPS) is 18.3. The molecule has 106 valence electrons. The summed E-state index contributed by atoms with van der Waals surface area (Å²) in [5, 5.41) is 0. The summed E-state index contributed by atoms with van der Waals surface area (Å²) in [6, 6.07) is 5.97. The van der Waals surface area contributed by atoms with Crippen LogP contribution >= 0.6 is 15.9 Å². The summed E-state index contributed by atoms with van der Waals surface area (Å²) in [5.41, 5.74) is 7.00. The van der Waals surface area contributed by atoms with Gasteiger partial charge in [-0.05, 0) is 19.1 Å². The van der Waals surface area contributed by atoms with Crippen LogP contribution in [0.1, 0.15) is 18.5 Å². The predicted octanol–water partition coefficient (Wildman–Crippen LogP) is 2.18. The van der Waals surface area contributed by atoms with E-state index < -0.39 is 0 Å². The predicted molar refractivity (Wildman–Crippen MR) is 79.5 cm³/mol. The van der Waals surface area contributed by atoms with Gasteiger partial charge in [0, 0.05) is 35.7 Å². The molecular weight excluding hydrogens is 308 g/mol. The Morgan fingerprint density at radius 1 is 1.42 bits per heavy atom. The molecule has 1 aliphatic heterocycles. The molecule has 1 aromatic carbocycles. The van der Waals surface area contributed by atoms with Gasteiger partial charge in [-0.3, -0.25) is 4.90 Å². The molecule has 1 aliphatic rings. The van der Waals surface area contributed by atoms with E-state index in [4.69, 9.17) is 15.2 Å². The van der Waals surface area contributed by atoms with Crippen molar-refractivity contribution >= 4 is 15.9 Å². The molecule has 0 spiro atoms. The van der Waals surface area contributed by atoms with Crippen LogP contribution in [0.25, 0.3) is 0 Å². The molecule has 0 aromatic heterocycles. The summed E-state index contributed by atoms with van der Waals surface area (Å²) in [7, 11) is 0. The number of benzene rings is 1. The molecular formula is C14H21BrN2O2. The summed E-state index contributed by atoms with van der Waals surface area (Å²) < 4.78 is 12.2. The Balaban J connectivity index is 1.89. The average Bonchev–Trinajstić information content (AvgIpc) is 2.39. The summed E-state index contributed by atoms with van der Waals surface area (Å²) >= 11 is 3.47. The molecule has 1 unspecified atom stereocenters. The van der Waals surface area contributed by atoms with Gasteiger partial charge >= 0.3 is 0 Å². The van der Waals surface area contributed by atoms with Crippen molar-refractivity contribution in [1.82, 2.24) is 4.90 Å². The van der Waals surface area contributed by atoms with Crippen LogP contribution in [0.15, 0.2) is 22.7 Å². The molecule has 0 aliphatic carbocycles. The highest BCUT2D eigenvalue weighted by Gasteiger charge is 2.12. The highest BCUT2D eigenvalue weighted by atomic mass is 79.9. The molecule has 0 amide bonds. The number of morpholine rings is 1. The van der Waals surface area contributed by atoms with Crippen LogP contribution in [0.2, 0.25) is 0 Å². The molecule has 0 saturated carbocycles. The topological polar surface area (TPSA) is 47.7 Å². The second-order valence-corrected chi connectivity index (χ2v) is 5.69. The van der Waals surface area contributed by atoms with Gasteiger partial charge in [-0.25, -0.2) is 0 Å². The molecule has 2 rings (SSSR count). The highest BCUT2D eigenvalue weighted by Crippen LogP contribution is 2.27. The minimum Gasteiger partial charge on any atom is -0.492 e. The summed E-state index contributed by atoms with van der Waals surface area (Å²) in [6.45, 7) is 7.19. The summed E-state index contributed by atoms with van der Waals surface area (Å²) in [6.07, 6.45) is 0. The maximum absolute atomic E-state index is 5.96. The standard InChI is InChI=1S/C14H21BrN2O2/c1-11(16)13-3-2-12(15)10-14(13)19-9-6-17-4-7-18-8-5-17/h2-3,10-11H,4-9,16H2,1H3. The third kappa shape index (κ3) is 4.45. The van der Waals surface area contributed by atoms with Crippen LogP contribution in [0, 0.1) is 0 Å². The second-order valence-electron chi connectivity index (χ2n) is 4.77. The van der Waals surface area contributed by atoms with Gasteiger partial charge in [0.1, 0.15) is 12.4 Å². The van der Waals surface area contributed by atoms with Gasteiger partial charge in [0.25, 0.3) is 0 Å². The zero-order chi connectivity index (χ0) is 13.7. The zero-order valence-corrected chi connectivity index (χ0v) is 12.9. The average molecular weight is 329 g/mol. The van der Waals surface area contributed by atoms with Crippen LogP contribution in [-0.4, -0.2) is 44.4 Å². The van der Waals surface area contributed by atoms with Crippen LogP contribution < -0.4 is 10.5 Å². The Labute approximate surface area is 123 Å². The van der Waals surface area contributed by atoms with Crippen LogP contribution in [0.4, 0.5) is 0 Å². The molecule has 19 heavy (non-hydrogen) atoms. The van der Waals surface area contributed by atoms with Crippen LogP contribution in [0.5, 0.6) is 5.75 Å². The van der Waals surface area contributed by atoms with E-state index in [9.17, 15) is 0 Å². The van der Waals surface area contributed by atoms with Crippen LogP contribution in [0.3, 0.4) is 0 Å². The Morgan fingerprint density at radius 3 is 2.84 bits per heavy atom. The van der Waals surface area contributed by atoms with Gasteiger partial charge in [0.15, 0.2) is 0 Å². The first-order valence-electron chi connectivity index (χ1n) is 6.65. The molecule has 1 atom stereocenters. The van der Waals surface area contributed by atoms with Crippen molar-refractivity contribution in [3.05, 3.63) is 28.2 Å². The Kier molecular flexibility index (Phi) is 5.63. The van der Waals surface area contributed by atoms with Crippen molar-refractivity contribution in [1.29, 1.82) is 0 Å². The van der Waals surface area contributed by atoms with E-state index in [1.807, 2.05) is 25.1 Å². The van der Waals surface area contributed by atoms with Gasteiger partial charge in [-0.15, -0.1) is 0 Å². The fraction of sp³-hybridized carbons (Fsp3) is 0.571. The Morgan fingerprint density at radius 2 is 2.16 bits per heavy atom. The third-order valence-electron chi connectivity index (χ3n) is 3.23. The largest absolute Gasteiger partial charge is 0.492 e. The third-order valence-corrected chi connectivity index (χ3v) is 3.73. The molecule has 0 bridgehead atoms. The number of nitrogens with two attached hydrogens (primary N) is 1. The molecule has 1 fully saturated rings. The number of hydrogen-bond donors (Lipinski definition) is 1. The van der Waals surface area contributed by atoms with Gasteiger partial charge in [-0.2, -0.15) is 0 Å². The van der Waals surface area contributed by atoms with Crippen molar-refractivity contribution in [3.63, 3.8) is 0 Å². The van der Waals surface area contributed by atoms with Gasteiger partial charge < -0.3 is 15.2 Å². The fourth-order valence-corrected chi connectivity index (χ4v) is 2.46. The first-order valence-corrected chi connectivity index (χ1v) is 7.44. The van der Waals surface area contributed by atoms with Crippen molar-refractivity contribution in [2.45, 2.75) is 13.0 Å². The number of hydrogen-bond acceptors (Lipinski definition) is 4. The van der Waals surface area contributed by atoms with Crippen molar-refractivity contribution in [2.75, 3.05) is 39.5 Å². The highest BCUT2D eigenvalue weighted by molar-refractivity contribution is 9.10. The summed E-state index contributed by atoms with van der Waals surface area (Å²) in [4.78, 5) is 2.35. The maximum atomic E-state index is 5.96. The molecule has 5 heteroatoms. The Bertz CT molecular complexity index is 406. The number of rotatable bonds is 5. The SMILES string of the molecule is CC(N)c1ccc(Br)cc1OCCN1CCOCC1. The van der Waals surface area contributed by atoms with E-state index in [0.29, 0.717) is 6.61 Å². The molecule has 1 saturated heterocycles. The van der Waals surface area contributed by atoms with E-state index in [1.54, 1.807) is 0 Å². The lowest BCUT2D eigenvalue weighted by Crippen LogP contribution is -2.38. The molecule has 0 radical (unpaired) electrons.